The van der Waals surface area contributed by atoms with E-state index in [1.165, 1.54) is 37.4 Å². The molecule has 9 nitrogen and oxygen atoms in total. The number of H-pyrrole nitrogens is 1. The number of thioether (sulfide) groups is 1. The zero-order chi connectivity index (χ0) is 32.0. The van der Waals surface area contributed by atoms with E-state index in [9.17, 15) is 36.7 Å². The van der Waals surface area contributed by atoms with Gasteiger partial charge >= 0.3 is 11.0 Å². The number of imide groups is 1. The molecule has 232 valence electrons. The number of nitrogens with one attached hydrogen (secondary N) is 2. The van der Waals surface area contributed by atoms with Crippen molar-refractivity contribution in [3.05, 3.63) is 98.2 Å². The normalized spacial score (nSPS) is 19.2. The molecule has 1 aromatic heterocycles. The summed E-state index contributed by atoms with van der Waals surface area (Å²) in [5, 5.41) is 1.95. The van der Waals surface area contributed by atoms with Crippen molar-refractivity contribution in [2.45, 2.75) is 22.4 Å². The summed E-state index contributed by atoms with van der Waals surface area (Å²) < 4.78 is 63.7. The summed E-state index contributed by atoms with van der Waals surface area (Å²) in [6.45, 7) is -0.556. The van der Waals surface area contributed by atoms with Gasteiger partial charge in [0.2, 0.25) is 11.8 Å². The lowest BCUT2D eigenvalue weighted by atomic mass is 9.83. The van der Waals surface area contributed by atoms with E-state index in [4.69, 9.17) is 9.47 Å². The maximum Gasteiger partial charge on any atom is 0.416 e. The quantitative estimate of drug-likeness (QED) is 0.201. The third kappa shape index (κ3) is 5.80. The number of benzene rings is 3. The molecular formula is C30H21F4N3O6S2. The lowest BCUT2D eigenvalue weighted by Crippen LogP contribution is -2.32. The molecule has 15 heteroatoms. The Morgan fingerprint density at radius 1 is 1.00 bits per heavy atom. The van der Waals surface area contributed by atoms with E-state index in [0.29, 0.717) is 15.5 Å². The summed E-state index contributed by atoms with van der Waals surface area (Å²) in [5.74, 6) is -3.58. The first kappa shape index (κ1) is 30.4. The predicted molar refractivity (Wildman–Crippen MR) is 157 cm³/mol. The Morgan fingerprint density at radius 2 is 1.76 bits per heavy atom. The summed E-state index contributed by atoms with van der Waals surface area (Å²) >= 11 is 2.01. The molecule has 0 spiro atoms. The van der Waals surface area contributed by atoms with Gasteiger partial charge in [-0.2, -0.15) is 13.2 Å². The van der Waals surface area contributed by atoms with Crippen LogP contribution in [0.25, 0.3) is 0 Å². The van der Waals surface area contributed by atoms with Crippen LogP contribution in [0.1, 0.15) is 21.9 Å². The van der Waals surface area contributed by atoms with Crippen molar-refractivity contribution in [1.29, 1.82) is 0 Å². The summed E-state index contributed by atoms with van der Waals surface area (Å²) in [6, 6.07) is 13.9. The third-order valence-corrected chi connectivity index (χ3v) is 9.69. The van der Waals surface area contributed by atoms with Crippen molar-refractivity contribution in [3.8, 4) is 11.5 Å². The number of nitrogens with zero attached hydrogens (tertiary/aromatic N) is 1. The molecule has 45 heavy (non-hydrogen) atoms. The molecule has 3 heterocycles. The van der Waals surface area contributed by atoms with Crippen LogP contribution in [0.5, 0.6) is 11.5 Å². The van der Waals surface area contributed by atoms with Gasteiger partial charge in [0.05, 0.1) is 29.3 Å². The average Bonchev–Trinajstić information content (AvgIpc) is 3.50. The molecule has 0 radical (unpaired) electrons. The second-order valence-electron chi connectivity index (χ2n) is 10.1. The lowest BCUT2D eigenvalue weighted by Gasteiger charge is -2.30. The van der Waals surface area contributed by atoms with E-state index < -0.39 is 59.0 Å². The fourth-order valence-electron chi connectivity index (χ4n) is 5.33. The van der Waals surface area contributed by atoms with E-state index in [1.54, 1.807) is 12.1 Å². The number of ether oxygens (including phenoxy) is 2. The Kier molecular flexibility index (Phi) is 7.91. The van der Waals surface area contributed by atoms with E-state index in [0.717, 1.165) is 52.3 Å². The van der Waals surface area contributed by atoms with Crippen molar-refractivity contribution >= 4 is 52.2 Å². The number of carbonyl (C=O) groups is 3. The summed E-state index contributed by atoms with van der Waals surface area (Å²) in [6.07, 6.45) is -4.57. The number of aromatic nitrogens is 1. The maximum absolute atomic E-state index is 13.8. The number of thiazole rings is 1. The third-order valence-electron chi connectivity index (χ3n) is 7.29. The molecule has 2 N–H and O–H groups in total. The zero-order valence-corrected chi connectivity index (χ0v) is 24.6. The molecule has 1 fully saturated rings. The Bertz CT molecular complexity index is 1870. The summed E-state index contributed by atoms with van der Waals surface area (Å²) in [5.41, 5.74) is -0.221. The number of hydrogen-bond acceptors (Lipinski definition) is 8. The second kappa shape index (κ2) is 11.7. The number of methoxy groups -OCH3 is 1. The van der Waals surface area contributed by atoms with Crippen LogP contribution in [0.3, 0.4) is 0 Å². The van der Waals surface area contributed by atoms with Gasteiger partial charge in [-0.3, -0.25) is 19.2 Å². The van der Waals surface area contributed by atoms with Gasteiger partial charge in [0.1, 0.15) is 11.1 Å². The molecular weight excluding hydrogens is 638 g/mol. The Balaban J connectivity index is 1.26. The second-order valence-corrected chi connectivity index (χ2v) is 12.2. The lowest BCUT2D eigenvalue weighted by molar-refractivity contribution is -0.137. The molecule has 3 aromatic carbocycles. The smallest absolute Gasteiger partial charge is 0.416 e. The SMILES string of the molecule is COc1cc([C@H]2c3sc(=O)[nH]c3SC3C(=O)N(c4ccc(F)cc4)C(=O)C32)ccc1OCC(=O)Nc1cccc(C(F)(F)F)c1. The highest BCUT2D eigenvalue weighted by atomic mass is 32.2. The number of aromatic amines is 1. The first-order valence-electron chi connectivity index (χ1n) is 13.3. The number of hydrogen-bond donors (Lipinski definition) is 2. The Labute approximate surface area is 260 Å². The highest BCUT2D eigenvalue weighted by Gasteiger charge is 2.56. The number of carbonyl (C=O) groups excluding carboxylic acids is 3. The molecule has 1 saturated heterocycles. The predicted octanol–water partition coefficient (Wildman–Crippen LogP) is 5.42. The van der Waals surface area contributed by atoms with Crippen molar-refractivity contribution in [2.24, 2.45) is 5.92 Å². The number of amides is 3. The fraction of sp³-hybridized carbons (Fsp3) is 0.200. The monoisotopic (exact) mass is 659 g/mol. The largest absolute Gasteiger partial charge is 0.493 e. The Hall–Kier alpha value is -4.63. The molecule has 2 aliphatic heterocycles. The summed E-state index contributed by atoms with van der Waals surface area (Å²) in [7, 11) is 1.36. The number of rotatable bonds is 7. The van der Waals surface area contributed by atoms with Crippen LogP contribution in [-0.4, -0.2) is 41.7 Å². The minimum absolute atomic E-state index is 0.0581. The molecule has 2 unspecified atom stereocenters. The molecule has 3 amide bonds. The molecule has 0 bridgehead atoms. The molecule has 3 atom stereocenters. The van der Waals surface area contributed by atoms with Crippen molar-refractivity contribution < 1.29 is 41.4 Å². The first-order valence-corrected chi connectivity index (χ1v) is 14.9. The van der Waals surface area contributed by atoms with Crippen LogP contribution in [0.15, 0.2) is 76.6 Å². The van der Waals surface area contributed by atoms with Crippen LogP contribution in [-0.2, 0) is 20.6 Å². The number of fused-ring (bicyclic) bond motifs is 2. The van der Waals surface area contributed by atoms with Crippen LogP contribution in [0, 0.1) is 11.7 Å². The van der Waals surface area contributed by atoms with Crippen molar-refractivity contribution in [3.63, 3.8) is 0 Å². The van der Waals surface area contributed by atoms with Crippen LogP contribution in [0.4, 0.5) is 28.9 Å². The Morgan fingerprint density at radius 3 is 2.47 bits per heavy atom. The molecule has 0 aliphatic carbocycles. The molecule has 0 saturated carbocycles. The minimum atomic E-state index is -4.57. The maximum atomic E-state index is 13.8. The molecule has 2 aliphatic rings. The average molecular weight is 660 g/mol. The van der Waals surface area contributed by atoms with Crippen molar-refractivity contribution in [1.82, 2.24) is 4.98 Å². The summed E-state index contributed by atoms with van der Waals surface area (Å²) in [4.78, 5) is 56.1. The first-order chi connectivity index (χ1) is 21.4. The minimum Gasteiger partial charge on any atom is -0.493 e. The van der Waals surface area contributed by atoms with Gasteiger partial charge in [-0.1, -0.05) is 35.2 Å². The van der Waals surface area contributed by atoms with Gasteiger partial charge in [0.15, 0.2) is 18.1 Å². The van der Waals surface area contributed by atoms with Crippen LogP contribution in [0.2, 0.25) is 0 Å². The van der Waals surface area contributed by atoms with Gasteiger partial charge in [-0.25, -0.2) is 9.29 Å². The highest BCUT2D eigenvalue weighted by molar-refractivity contribution is 8.00. The van der Waals surface area contributed by atoms with Gasteiger partial charge in [0.25, 0.3) is 5.91 Å². The van der Waals surface area contributed by atoms with Gasteiger partial charge in [0, 0.05) is 16.5 Å². The van der Waals surface area contributed by atoms with Gasteiger partial charge < -0.3 is 19.8 Å². The topological polar surface area (TPSA) is 118 Å². The van der Waals surface area contributed by atoms with E-state index >= 15 is 0 Å². The molecule has 6 rings (SSSR count). The van der Waals surface area contributed by atoms with E-state index in [2.05, 4.69) is 10.3 Å². The highest BCUT2D eigenvalue weighted by Crippen LogP contribution is 2.53. The van der Waals surface area contributed by atoms with Crippen LogP contribution >= 0.6 is 23.1 Å². The van der Waals surface area contributed by atoms with E-state index in [1.807, 2.05) is 0 Å². The van der Waals surface area contributed by atoms with Crippen LogP contribution < -0.4 is 24.6 Å². The zero-order valence-electron chi connectivity index (χ0n) is 23.0. The number of alkyl halides is 3. The van der Waals surface area contributed by atoms with Gasteiger partial charge in [-0.15, -0.1) is 0 Å². The molecule has 4 aromatic rings. The standard InChI is InChI=1S/C30H21F4N3O6S2/c1-42-20-11-14(5-10-19(20)43-13-21(38)35-17-4-2-3-15(12-17)30(32,33)34)22-23-25(44-26-24(22)45-29(41)36-26)28(40)37(27(23)39)18-8-6-16(31)7-9-18/h2-12,22-23,25H,13H2,1H3,(H,35,38)(H,36,41)/t22-,23?,25?/m1/s1. The number of halogens is 4. The van der Waals surface area contributed by atoms with E-state index in [-0.39, 0.29) is 27.7 Å². The fourth-order valence-corrected chi connectivity index (χ4v) is 7.85. The van der Waals surface area contributed by atoms with Crippen molar-refractivity contribution in [2.75, 3.05) is 23.9 Å². The van der Waals surface area contributed by atoms with Gasteiger partial charge in [-0.05, 0) is 60.2 Å². The number of anilines is 2.